The topological polar surface area (TPSA) is 57.5 Å². The van der Waals surface area contributed by atoms with Gasteiger partial charge in [-0.15, -0.1) is 12.4 Å². The van der Waals surface area contributed by atoms with Crippen LogP contribution in [0.1, 0.15) is 2.85 Å². The van der Waals surface area contributed by atoms with Gasteiger partial charge in [-0.25, -0.2) is 4.79 Å². The third-order valence-electron chi connectivity index (χ3n) is 0. The van der Waals surface area contributed by atoms with Gasteiger partial charge in [0.1, 0.15) is 0 Å². The van der Waals surface area contributed by atoms with Crippen LogP contribution in [0.4, 0.5) is 4.79 Å². The monoisotopic (exact) mass is 220 g/mol. The van der Waals surface area contributed by atoms with E-state index in [1.807, 2.05) is 0 Å². The third-order valence-corrected chi connectivity index (χ3v) is 0. The molecular weight excluding hydrogens is 216 g/mol. The van der Waals surface area contributed by atoms with Crippen LogP contribution in [-0.4, -0.2) is 16.4 Å². The second kappa shape index (κ2) is 30.0. The average Bonchev–Trinajstić information content (AvgIpc) is 0.811. The van der Waals surface area contributed by atoms with Crippen LogP contribution in [0.15, 0.2) is 0 Å². The molecule has 0 amide bonds. The zero-order chi connectivity index (χ0) is 3.58. The van der Waals surface area contributed by atoms with E-state index in [0.717, 1.165) is 0 Å². The molecule has 0 fully saturated rings. The molecule has 0 rings (SSSR count). The maximum Gasteiger partial charge on any atom is 1.00 e. The van der Waals surface area contributed by atoms with E-state index >= 15 is 0 Å². The molecule has 0 saturated heterocycles. The Morgan fingerprint density at radius 1 is 1.22 bits per heavy atom. The van der Waals surface area contributed by atoms with E-state index in [1.54, 1.807) is 0 Å². The first-order valence-corrected chi connectivity index (χ1v) is 0.651. The van der Waals surface area contributed by atoms with Gasteiger partial charge in [0, 0.05) is 0 Å². The summed E-state index contributed by atoms with van der Waals surface area (Å²) in [4.78, 5) is 8.56. The van der Waals surface area contributed by atoms with E-state index < -0.39 is 6.16 Å². The fraction of sp³-hybridized carbons (Fsp3) is 0. The van der Waals surface area contributed by atoms with E-state index in [-0.39, 0.29) is 138 Å². The average molecular weight is 221 g/mol. The van der Waals surface area contributed by atoms with E-state index in [9.17, 15) is 0 Å². The van der Waals surface area contributed by atoms with Gasteiger partial charge in [0.25, 0.3) is 0 Å². The molecule has 0 aliphatic rings. The molecule has 0 heterocycles. The molecule has 0 aromatic heterocycles. The van der Waals surface area contributed by atoms with Crippen molar-refractivity contribution in [3.8, 4) is 0 Å². The molecular formula is CH5Cl2KNa2O3. The van der Waals surface area contributed by atoms with Crippen LogP contribution < -0.4 is 123 Å². The van der Waals surface area contributed by atoms with Gasteiger partial charge in [-0.05, 0) is 0 Å². The van der Waals surface area contributed by atoms with Gasteiger partial charge < -0.3 is 25.5 Å². The fourth-order valence-corrected chi connectivity index (χ4v) is 0. The number of carbonyl (C=O) groups is 1. The minimum atomic E-state index is -1.83. The van der Waals surface area contributed by atoms with Gasteiger partial charge in [-0.3, -0.25) is 0 Å². The van der Waals surface area contributed by atoms with Crippen LogP contribution in [0.3, 0.4) is 0 Å². The SMILES string of the molecule is Cl.O=C(O)O.[Cl-].[H-].[H-].[K+].[Na+].[Na+]. The predicted octanol–water partition coefficient (Wildman–Crippen LogP) is -11.1. The van der Waals surface area contributed by atoms with Gasteiger partial charge in [0.2, 0.25) is 0 Å². The first-order chi connectivity index (χ1) is 1.73. The summed E-state index contributed by atoms with van der Waals surface area (Å²) in [5, 5.41) is 13.9. The summed E-state index contributed by atoms with van der Waals surface area (Å²) in [6, 6.07) is 0. The zero-order valence-electron chi connectivity index (χ0n) is 7.59. The van der Waals surface area contributed by atoms with Crippen molar-refractivity contribution in [3.05, 3.63) is 0 Å². The molecule has 44 valence electrons. The molecule has 0 spiro atoms. The number of hydrogen-bond donors (Lipinski definition) is 2. The summed E-state index contributed by atoms with van der Waals surface area (Å²) < 4.78 is 0. The second-order valence-corrected chi connectivity index (χ2v) is 0.283. The van der Waals surface area contributed by atoms with Gasteiger partial charge in [0.05, 0.1) is 0 Å². The summed E-state index contributed by atoms with van der Waals surface area (Å²) in [7, 11) is 0. The Bertz CT molecular complexity index is 50.3. The zero-order valence-corrected chi connectivity index (χ0v) is 14.3. The van der Waals surface area contributed by atoms with Crippen molar-refractivity contribution in [1.29, 1.82) is 0 Å². The Balaban J connectivity index is -0.00000000214. The maximum absolute atomic E-state index is 8.56. The van der Waals surface area contributed by atoms with Crippen LogP contribution in [0, 0.1) is 0 Å². The van der Waals surface area contributed by atoms with E-state index in [4.69, 9.17) is 15.0 Å². The molecule has 0 aromatic carbocycles. The standard InChI is InChI=1S/CH2O3.2ClH.K.2Na.2H/c2-1(3)4;;;;;;;/h(H2,2,3,4);2*1H;;;;;/q;;;3*+1;2*-1/p-1. The molecule has 0 unspecified atom stereocenters. The molecule has 9 heavy (non-hydrogen) atoms. The molecule has 0 aliphatic heterocycles. The van der Waals surface area contributed by atoms with Crippen LogP contribution in [0.2, 0.25) is 0 Å². The Labute approximate surface area is 156 Å². The molecule has 0 aliphatic carbocycles. The molecule has 0 atom stereocenters. The Morgan fingerprint density at radius 3 is 1.22 bits per heavy atom. The minimum absolute atomic E-state index is 0. The first kappa shape index (κ1) is 39.2. The Kier molecular flexibility index (Phi) is 131. The molecule has 0 aromatic rings. The summed E-state index contributed by atoms with van der Waals surface area (Å²) in [6.45, 7) is 0. The molecule has 0 radical (unpaired) electrons. The van der Waals surface area contributed by atoms with Crippen molar-refractivity contribution in [2.24, 2.45) is 0 Å². The van der Waals surface area contributed by atoms with Crippen LogP contribution in [0.25, 0.3) is 0 Å². The fourth-order valence-electron chi connectivity index (χ4n) is 0. The van der Waals surface area contributed by atoms with Crippen molar-refractivity contribution in [2.75, 3.05) is 0 Å². The summed E-state index contributed by atoms with van der Waals surface area (Å²) in [5.74, 6) is 0. The molecule has 3 nitrogen and oxygen atoms in total. The summed E-state index contributed by atoms with van der Waals surface area (Å²) >= 11 is 0. The normalized spacial score (nSPS) is 2.67. The molecule has 0 bridgehead atoms. The summed E-state index contributed by atoms with van der Waals surface area (Å²) in [5.41, 5.74) is 0. The second-order valence-electron chi connectivity index (χ2n) is 0.283. The van der Waals surface area contributed by atoms with E-state index in [2.05, 4.69) is 0 Å². The summed E-state index contributed by atoms with van der Waals surface area (Å²) in [6.07, 6.45) is -1.83. The van der Waals surface area contributed by atoms with Crippen molar-refractivity contribution >= 4 is 18.6 Å². The predicted molar refractivity (Wildman–Crippen MR) is 20.1 cm³/mol. The molecule has 8 heteroatoms. The largest absolute Gasteiger partial charge is 1.00 e. The Hall–Kier alpha value is 3.49. The Morgan fingerprint density at radius 2 is 1.22 bits per heavy atom. The molecule has 2 N–H and O–H groups in total. The first-order valence-electron chi connectivity index (χ1n) is 0.651. The molecule has 0 saturated carbocycles. The van der Waals surface area contributed by atoms with Gasteiger partial charge >= 0.3 is 117 Å². The maximum atomic E-state index is 8.56. The number of carboxylic acid groups (broad SMARTS) is 2. The quantitative estimate of drug-likeness (QED) is 0.399. The van der Waals surface area contributed by atoms with Crippen molar-refractivity contribution in [2.45, 2.75) is 0 Å². The van der Waals surface area contributed by atoms with Gasteiger partial charge in [0.15, 0.2) is 0 Å². The van der Waals surface area contributed by atoms with Crippen molar-refractivity contribution in [1.82, 2.24) is 0 Å². The minimum Gasteiger partial charge on any atom is -1.00 e. The third kappa shape index (κ3) is 85.0. The van der Waals surface area contributed by atoms with Crippen molar-refractivity contribution in [3.63, 3.8) is 0 Å². The van der Waals surface area contributed by atoms with Crippen LogP contribution >= 0.6 is 12.4 Å². The number of halogens is 2. The van der Waals surface area contributed by atoms with Crippen LogP contribution in [0.5, 0.6) is 0 Å². The van der Waals surface area contributed by atoms with Gasteiger partial charge in [-0.1, -0.05) is 0 Å². The van der Waals surface area contributed by atoms with Gasteiger partial charge in [-0.2, -0.15) is 0 Å². The number of hydrogen-bond acceptors (Lipinski definition) is 1. The van der Waals surface area contributed by atoms with E-state index in [1.165, 1.54) is 0 Å². The van der Waals surface area contributed by atoms with Crippen molar-refractivity contribution < 1.29 is 141 Å². The number of rotatable bonds is 0. The van der Waals surface area contributed by atoms with Crippen LogP contribution in [-0.2, 0) is 0 Å². The smallest absolute Gasteiger partial charge is 1.00 e. The van der Waals surface area contributed by atoms with E-state index in [0.29, 0.717) is 0 Å².